The van der Waals surface area contributed by atoms with Crippen LogP contribution >= 0.6 is 0 Å². The lowest BCUT2D eigenvalue weighted by molar-refractivity contribution is 0.00915. The number of rotatable bonds is 4. The summed E-state index contributed by atoms with van der Waals surface area (Å²) in [5, 5.41) is 12.2. The molecule has 20 heavy (non-hydrogen) atoms. The highest BCUT2D eigenvalue weighted by atomic mass is 28.3. The zero-order valence-corrected chi connectivity index (χ0v) is 14.2. The average molecular weight is 289 g/mol. The first-order valence-corrected chi connectivity index (χ1v) is 11.3. The summed E-state index contributed by atoms with van der Waals surface area (Å²) >= 11 is 0. The molecule has 0 aromatic heterocycles. The van der Waals surface area contributed by atoms with Crippen LogP contribution in [0.5, 0.6) is 0 Å². The maximum atomic E-state index is 10.7. The van der Waals surface area contributed by atoms with E-state index >= 15 is 0 Å². The van der Waals surface area contributed by atoms with Crippen LogP contribution in [0.4, 0.5) is 0 Å². The van der Waals surface area contributed by atoms with Crippen molar-refractivity contribution in [3.8, 4) is 0 Å². The van der Waals surface area contributed by atoms with E-state index in [4.69, 9.17) is 0 Å². The van der Waals surface area contributed by atoms with Crippen molar-refractivity contribution < 1.29 is 5.11 Å². The highest BCUT2D eigenvalue weighted by Crippen LogP contribution is 2.35. The van der Waals surface area contributed by atoms with Crippen molar-refractivity contribution in [1.82, 2.24) is 0 Å². The van der Waals surface area contributed by atoms with Crippen molar-refractivity contribution in [2.75, 3.05) is 0 Å². The molecule has 0 spiro atoms. The third-order valence-corrected chi connectivity index (χ3v) is 6.49. The molecule has 0 heterocycles. The Morgan fingerprint density at radius 2 is 1.75 bits per heavy atom. The lowest BCUT2D eigenvalue weighted by atomic mass is 9.79. The van der Waals surface area contributed by atoms with Gasteiger partial charge in [-0.3, -0.25) is 0 Å². The smallest absolute Gasteiger partial charge is 0.0783 e. The van der Waals surface area contributed by atoms with Gasteiger partial charge in [0.05, 0.1) is 13.7 Å². The van der Waals surface area contributed by atoms with Gasteiger partial charge < -0.3 is 5.11 Å². The quantitative estimate of drug-likeness (QED) is 0.818. The van der Waals surface area contributed by atoms with Crippen molar-refractivity contribution in [3.05, 3.63) is 36.4 Å². The van der Waals surface area contributed by atoms with Gasteiger partial charge in [-0.15, -0.1) is 0 Å². The van der Waals surface area contributed by atoms with Crippen LogP contribution in [0.2, 0.25) is 19.6 Å². The van der Waals surface area contributed by atoms with Gasteiger partial charge in [-0.2, -0.15) is 0 Å². The molecule has 0 saturated heterocycles. The molecule has 1 fully saturated rings. The monoisotopic (exact) mass is 288 g/mol. The number of hydrogen-bond donors (Lipinski definition) is 1. The zero-order valence-electron chi connectivity index (χ0n) is 13.2. The van der Waals surface area contributed by atoms with Gasteiger partial charge in [0.1, 0.15) is 0 Å². The molecule has 2 heteroatoms. The SMILES string of the molecule is C=C(CC1(O)CCCCC1)c1ccccc1[Si](C)(C)C. The van der Waals surface area contributed by atoms with Gasteiger partial charge in [0.15, 0.2) is 0 Å². The molecule has 0 bridgehead atoms. The number of aliphatic hydroxyl groups is 1. The molecule has 1 saturated carbocycles. The van der Waals surface area contributed by atoms with Gasteiger partial charge in [0.2, 0.25) is 0 Å². The molecule has 0 aliphatic heterocycles. The van der Waals surface area contributed by atoms with E-state index in [1.54, 1.807) is 0 Å². The fourth-order valence-corrected chi connectivity index (χ4v) is 4.99. The molecule has 0 amide bonds. The molecule has 1 aliphatic rings. The van der Waals surface area contributed by atoms with Crippen LogP contribution in [0.25, 0.3) is 5.57 Å². The molecule has 0 radical (unpaired) electrons. The van der Waals surface area contributed by atoms with Gasteiger partial charge in [0, 0.05) is 6.42 Å². The maximum absolute atomic E-state index is 10.7. The highest BCUT2D eigenvalue weighted by molar-refractivity contribution is 6.89. The van der Waals surface area contributed by atoms with Crippen LogP contribution in [0, 0.1) is 0 Å². The van der Waals surface area contributed by atoms with Gasteiger partial charge in [-0.05, 0) is 24.0 Å². The van der Waals surface area contributed by atoms with Crippen molar-refractivity contribution in [1.29, 1.82) is 0 Å². The minimum absolute atomic E-state index is 0.512. The molecule has 0 atom stereocenters. The third kappa shape index (κ3) is 3.61. The largest absolute Gasteiger partial charge is 0.390 e. The van der Waals surface area contributed by atoms with E-state index in [9.17, 15) is 5.11 Å². The molecule has 1 N–H and O–H groups in total. The van der Waals surface area contributed by atoms with Crippen molar-refractivity contribution in [3.63, 3.8) is 0 Å². The summed E-state index contributed by atoms with van der Waals surface area (Å²) in [6, 6.07) is 8.65. The third-order valence-electron chi connectivity index (χ3n) is 4.44. The summed E-state index contributed by atoms with van der Waals surface area (Å²) in [5.41, 5.74) is 1.89. The topological polar surface area (TPSA) is 20.2 Å². The summed E-state index contributed by atoms with van der Waals surface area (Å²) in [6.07, 6.45) is 6.16. The second-order valence-electron chi connectivity index (χ2n) is 7.36. The van der Waals surface area contributed by atoms with E-state index in [0.29, 0.717) is 0 Å². The van der Waals surface area contributed by atoms with Crippen LogP contribution < -0.4 is 5.19 Å². The van der Waals surface area contributed by atoms with Crippen molar-refractivity contribution >= 4 is 18.8 Å². The summed E-state index contributed by atoms with van der Waals surface area (Å²) < 4.78 is 0. The predicted octanol–water partition coefficient (Wildman–Crippen LogP) is 4.33. The Morgan fingerprint density at radius 3 is 2.35 bits per heavy atom. The first-order valence-electron chi connectivity index (χ1n) is 7.82. The Bertz CT molecular complexity index is 478. The van der Waals surface area contributed by atoms with E-state index in [-0.39, 0.29) is 0 Å². The Hall–Kier alpha value is -0.863. The first kappa shape index (κ1) is 15.5. The van der Waals surface area contributed by atoms with Crippen molar-refractivity contribution in [2.24, 2.45) is 0 Å². The Kier molecular flexibility index (Phi) is 4.55. The summed E-state index contributed by atoms with van der Waals surface area (Å²) in [4.78, 5) is 0. The molecule has 1 nitrogen and oxygen atoms in total. The predicted molar refractivity (Wildman–Crippen MR) is 91.1 cm³/mol. The van der Waals surface area contributed by atoms with E-state index in [1.165, 1.54) is 17.2 Å². The van der Waals surface area contributed by atoms with Crippen molar-refractivity contribution in [2.45, 2.75) is 63.8 Å². The van der Waals surface area contributed by atoms with Gasteiger partial charge in [-0.25, -0.2) is 0 Å². The lowest BCUT2D eigenvalue weighted by Gasteiger charge is -2.33. The molecule has 1 aliphatic carbocycles. The molecular formula is C18H28OSi. The molecule has 0 unspecified atom stereocenters. The zero-order chi connectivity index (χ0) is 14.8. The second kappa shape index (κ2) is 5.86. The fourth-order valence-electron chi connectivity index (χ4n) is 3.32. The average Bonchev–Trinajstić information content (AvgIpc) is 2.38. The summed E-state index contributed by atoms with van der Waals surface area (Å²) in [5.74, 6) is 0. The maximum Gasteiger partial charge on any atom is 0.0783 e. The van der Waals surface area contributed by atoms with E-state index < -0.39 is 13.7 Å². The highest BCUT2D eigenvalue weighted by Gasteiger charge is 2.31. The van der Waals surface area contributed by atoms with Gasteiger partial charge >= 0.3 is 0 Å². The Balaban J connectivity index is 2.21. The standard InChI is InChI=1S/C18H28OSi/c1-15(14-18(19)12-8-5-9-13-18)16-10-6-7-11-17(16)20(2,3)4/h6-7,10-11,19H,1,5,8-9,12-14H2,2-4H3. The first-order chi connectivity index (χ1) is 9.32. The number of hydrogen-bond acceptors (Lipinski definition) is 1. The van der Waals surface area contributed by atoms with E-state index in [0.717, 1.165) is 37.7 Å². The van der Waals surface area contributed by atoms with Crippen LogP contribution in [0.1, 0.15) is 44.1 Å². The normalized spacial score (nSPS) is 18.8. The molecule has 110 valence electrons. The minimum Gasteiger partial charge on any atom is -0.390 e. The van der Waals surface area contributed by atoms with Crippen LogP contribution in [-0.2, 0) is 0 Å². The number of benzene rings is 1. The van der Waals surface area contributed by atoms with Gasteiger partial charge in [0.25, 0.3) is 0 Å². The van der Waals surface area contributed by atoms with Crippen LogP contribution in [-0.4, -0.2) is 18.8 Å². The lowest BCUT2D eigenvalue weighted by Crippen LogP contribution is -2.40. The Morgan fingerprint density at radius 1 is 1.15 bits per heavy atom. The molecule has 1 aromatic carbocycles. The van der Waals surface area contributed by atoms with Gasteiger partial charge in [-0.1, -0.05) is 74.9 Å². The van der Waals surface area contributed by atoms with Crippen LogP contribution in [0.15, 0.2) is 30.8 Å². The molecule has 2 rings (SSSR count). The summed E-state index contributed by atoms with van der Waals surface area (Å²) in [7, 11) is -1.37. The summed E-state index contributed by atoms with van der Waals surface area (Å²) in [6.45, 7) is 11.4. The second-order valence-corrected chi connectivity index (χ2v) is 12.4. The fraction of sp³-hybridized carbons (Fsp3) is 0.556. The van der Waals surface area contributed by atoms with Crippen LogP contribution in [0.3, 0.4) is 0 Å². The Labute approximate surface area is 124 Å². The van der Waals surface area contributed by atoms with E-state index in [1.807, 2.05) is 0 Å². The molecule has 1 aromatic rings. The molecular weight excluding hydrogens is 260 g/mol. The van der Waals surface area contributed by atoms with E-state index in [2.05, 4.69) is 50.5 Å². The minimum atomic E-state index is -1.37.